The lowest BCUT2D eigenvalue weighted by atomic mass is 9.94. The number of carbonyl (C=O) groups excluding carboxylic acids is 1. The number of hydrogen-bond donors (Lipinski definition) is 2. The number of aliphatic hydroxyl groups is 1. The van der Waals surface area contributed by atoms with Crippen molar-refractivity contribution in [2.75, 3.05) is 12.3 Å². The Balaban J connectivity index is 1.55. The fraction of sp³-hybridized carbons (Fsp3) is 0.211. The minimum absolute atomic E-state index is 0.0476. The summed E-state index contributed by atoms with van der Waals surface area (Å²) in [5.74, 6) is 0.666. The molecule has 0 spiro atoms. The molecule has 0 fully saturated rings. The lowest BCUT2D eigenvalue weighted by Crippen LogP contribution is -2.41. The number of carbonyl (C=O) groups is 1. The third kappa shape index (κ3) is 4.73. The maximum atomic E-state index is 12.2. The number of rotatable bonds is 8. The van der Waals surface area contributed by atoms with E-state index < -0.39 is 5.60 Å². The first-order valence-corrected chi connectivity index (χ1v) is 10.7. The first-order valence-electron chi connectivity index (χ1n) is 7.92. The van der Waals surface area contributed by atoms with Crippen LogP contribution < -0.4 is 5.32 Å². The van der Waals surface area contributed by atoms with Gasteiger partial charge < -0.3 is 10.4 Å². The molecular weight excluding hydrogens is 370 g/mol. The second-order valence-corrected chi connectivity index (χ2v) is 8.43. The van der Waals surface area contributed by atoms with E-state index in [4.69, 9.17) is 0 Å². The summed E-state index contributed by atoms with van der Waals surface area (Å²) in [7, 11) is 0. The summed E-state index contributed by atoms with van der Waals surface area (Å²) in [6.45, 7) is 0.180. The van der Waals surface area contributed by atoms with Crippen LogP contribution in [0.1, 0.15) is 16.9 Å². The van der Waals surface area contributed by atoms with Crippen molar-refractivity contribution in [3.63, 3.8) is 0 Å². The van der Waals surface area contributed by atoms with E-state index in [1.165, 1.54) is 22.7 Å². The number of thiophene rings is 2. The zero-order valence-corrected chi connectivity index (χ0v) is 16.0. The molecule has 0 saturated carbocycles. The van der Waals surface area contributed by atoms with Gasteiger partial charge >= 0.3 is 0 Å². The number of benzene rings is 1. The van der Waals surface area contributed by atoms with Gasteiger partial charge in [0, 0.05) is 27.5 Å². The number of nitrogens with one attached hydrogen (secondary N) is 1. The van der Waals surface area contributed by atoms with Crippen LogP contribution >= 0.6 is 34.4 Å². The van der Waals surface area contributed by atoms with E-state index in [1.54, 1.807) is 11.8 Å². The monoisotopic (exact) mass is 389 g/mol. The summed E-state index contributed by atoms with van der Waals surface area (Å²) in [5.41, 5.74) is -0.352. The number of hydrogen-bond acceptors (Lipinski definition) is 5. The van der Waals surface area contributed by atoms with E-state index in [1.807, 2.05) is 64.7 Å². The van der Waals surface area contributed by atoms with Crippen LogP contribution in [0.15, 0.2) is 69.6 Å². The molecule has 1 atom stereocenters. The zero-order valence-electron chi connectivity index (χ0n) is 13.6. The van der Waals surface area contributed by atoms with E-state index >= 15 is 0 Å². The van der Waals surface area contributed by atoms with Gasteiger partial charge in [0.2, 0.25) is 5.91 Å². The first-order chi connectivity index (χ1) is 12.2. The predicted molar refractivity (Wildman–Crippen MR) is 106 cm³/mol. The largest absolute Gasteiger partial charge is 0.378 e. The fourth-order valence-corrected chi connectivity index (χ4v) is 4.88. The lowest BCUT2D eigenvalue weighted by molar-refractivity contribution is -0.121. The molecule has 2 heterocycles. The summed E-state index contributed by atoms with van der Waals surface area (Å²) in [5, 5.41) is 19.9. The Morgan fingerprint density at radius 1 is 1.12 bits per heavy atom. The Hall–Kier alpha value is -1.60. The molecule has 1 amide bonds. The Morgan fingerprint density at radius 2 is 1.96 bits per heavy atom. The van der Waals surface area contributed by atoms with Crippen molar-refractivity contribution in [1.82, 2.24) is 5.32 Å². The highest BCUT2D eigenvalue weighted by Crippen LogP contribution is 2.33. The second kappa shape index (κ2) is 8.67. The molecule has 1 unspecified atom stereocenters. The molecule has 0 bridgehead atoms. The molecule has 0 aliphatic carbocycles. The third-order valence-electron chi connectivity index (χ3n) is 3.81. The first kappa shape index (κ1) is 18.2. The highest BCUT2D eigenvalue weighted by Gasteiger charge is 2.33. The Labute approximate surface area is 159 Å². The molecule has 2 aromatic heterocycles. The number of amides is 1. The van der Waals surface area contributed by atoms with Crippen LogP contribution in [0.25, 0.3) is 0 Å². The van der Waals surface area contributed by atoms with Gasteiger partial charge in [-0.25, -0.2) is 0 Å². The SMILES string of the molecule is O=C(CCSc1ccccc1)NCC(O)(c1ccsc1)c1cccs1. The van der Waals surface area contributed by atoms with Crippen molar-refractivity contribution in [3.8, 4) is 0 Å². The van der Waals surface area contributed by atoms with Crippen LogP contribution in [0.5, 0.6) is 0 Å². The molecule has 0 radical (unpaired) electrons. The quantitative estimate of drug-likeness (QED) is 0.563. The van der Waals surface area contributed by atoms with E-state index in [0.717, 1.165) is 15.3 Å². The van der Waals surface area contributed by atoms with E-state index in [2.05, 4.69) is 5.32 Å². The molecular formula is C19H19NO2S3. The minimum Gasteiger partial charge on any atom is -0.378 e. The highest BCUT2D eigenvalue weighted by molar-refractivity contribution is 7.99. The van der Waals surface area contributed by atoms with Crippen LogP contribution in [0.3, 0.4) is 0 Å². The van der Waals surface area contributed by atoms with Crippen molar-refractivity contribution in [2.24, 2.45) is 0 Å². The average molecular weight is 390 g/mol. The Kier molecular flexibility index (Phi) is 6.31. The van der Waals surface area contributed by atoms with Gasteiger partial charge in [-0.05, 0) is 40.4 Å². The molecule has 1 aromatic carbocycles. The Morgan fingerprint density at radius 3 is 2.64 bits per heavy atom. The van der Waals surface area contributed by atoms with Crippen molar-refractivity contribution >= 4 is 40.3 Å². The molecule has 3 aromatic rings. The molecule has 0 aliphatic heterocycles. The number of thioether (sulfide) groups is 1. The predicted octanol–water partition coefficient (Wildman–Crippen LogP) is 4.34. The van der Waals surface area contributed by atoms with Crippen LogP contribution in [-0.4, -0.2) is 23.3 Å². The van der Waals surface area contributed by atoms with Gasteiger partial charge in [-0.2, -0.15) is 11.3 Å². The summed E-state index contributed by atoms with van der Waals surface area (Å²) in [4.78, 5) is 14.2. The Bertz CT molecular complexity index is 736. The van der Waals surface area contributed by atoms with Gasteiger partial charge in [0.15, 0.2) is 0 Å². The summed E-state index contributed by atoms with van der Waals surface area (Å²) in [6, 6.07) is 15.8. The average Bonchev–Trinajstić information content (AvgIpc) is 3.34. The molecule has 2 N–H and O–H groups in total. The van der Waals surface area contributed by atoms with E-state index in [9.17, 15) is 9.90 Å². The molecule has 3 rings (SSSR count). The zero-order chi connectivity index (χ0) is 17.5. The fourth-order valence-electron chi connectivity index (χ4n) is 2.44. The third-order valence-corrected chi connectivity index (χ3v) is 6.53. The molecule has 6 heteroatoms. The smallest absolute Gasteiger partial charge is 0.220 e. The molecule has 0 aliphatic rings. The van der Waals surface area contributed by atoms with Gasteiger partial charge in [0.1, 0.15) is 5.60 Å². The molecule has 130 valence electrons. The molecule has 25 heavy (non-hydrogen) atoms. The van der Waals surface area contributed by atoms with Crippen LogP contribution in [0, 0.1) is 0 Å². The van der Waals surface area contributed by atoms with Gasteiger partial charge in [0.05, 0.1) is 6.54 Å². The van der Waals surface area contributed by atoms with Crippen molar-refractivity contribution < 1.29 is 9.90 Å². The topological polar surface area (TPSA) is 49.3 Å². The normalized spacial score (nSPS) is 13.3. The summed E-state index contributed by atoms with van der Waals surface area (Å²) >= 11 is 4.69. The van der Waals surface area contributed by atoms with Crippen LogP contribution in [-0.2, 0) is 10.4 Å². The summed E-state index contributed by atoms with van der Waals surface area (Å²) < 4.78 is 0. The van der Waals surface area contributed by atoms with Gasteiger partial charge in [-0.3, -0.25) is 4.79 Å². The maximum Gasteiger partial charge on any atom is 0.220 e. The maximum absolute atomic E-state index is 12.2. The standard InChI is InChI=1S/C19H19NO2S3/c21-18(9-12-24-16-5-2-1-3-6-16)20-14-19(22,15-8-11-23-13-15)17-7-4-10-25-17/h1-8,10-11,13,22H,9,12,14H2,(H,20,21). The van der Waals surface area contributed by atoms with Crippen LogP contribution in [0.4, 0.5) is 0 Å². The van der Waals surface area contributed by atoms with Gasteiger partial charge in [-0.15, -0.1) is 23.1 Å². The molecule has 3 nitrogen and oxygen atoms in total. The van der Waals surface area contributed by atoms with Crippen molar-refractivity contribution in [2.45, 2.75) is 16.9 Å². The lowest BCUT2D eigenvalue weighted by Gasteiger charge is -2.27. The van der Waals surface area contributed by atoms with Crippen molar-refractivity contribution in [1.29, 1.82) is 0 Å². The summed E-state index contributed by atoms with van der Waals surface area (Å²) in [6.07, 6.45) is 0.420. The minimum atomic E-state index is -1.17. The van der Waals surface area contributed by atoms with E-state index in [0.29, 0.717) is 12.2 Å². The van der Waals surface area contributed by atoms with Gasteiger partial charge in [0.25, 0.3) is 0 Å². The van der Waals surface area contributed by atoms with Gasteiger partial charge in [-0.1, -0.05) is 24.3 Å². The van der Waals surface area contributed by atoms with Crippen LogP contribution in [0.2, 0.25) is 0 Å². The van der Waals surface area contributed by atoms with Crippen molar-refractivity contribution in [3.05, 3.63) is 75.1 Å². The highest BCUT2D eigenvalue weighted by atomic mass is 32.2. The second-order valence-electron chi connectivity index (χ2n) is 5.54. The molecule has 0 saturated heterocycles. The van der Waals surface area contributed by atoms with E-state index in [-0.39, 0.29) is 12.5 Å².